The molecule has 0 aromatic carbocycles. The summed E-state index contributed by atoms with van der Waals surface area (Å²) in [7, 11) is -2.95. The van der Waals surface area contributed by atoms with Crippen LogP contribution in [0.15, 0.2) is 5.03 Å². The van der Waals surface area contributed by atoms with Crippen LogP contribution in [0, 0.1) is 6.92 Å². The number of sulfone groups is 1. The molecule has 3 N–H and O–H groups in total. The van der Waals surface area contributed by atoms with Gasteiger partial charge in [0.1, 0.15) is 26.5 Å². The van der Waals surface area contributed by atoms with Gasteiger partial charge in [0.15, 0.2) is 0 Å². The van der Waals surface area contributed by atoms with Crippen molar-refractivity contribution in [1.29, 1.82) is 0 Å². The first-order valence-electron chi connectivity index (χ1n) is 5.90. The van der Waals surface area contributed by atoms with Crippen molar-refractivity contribution in [2.75, 3.05) is 23.2 Å². The van der Waals surface area contributed by atoms with Crippen molar-refractivity contribution in [3.8, 4) is 0 Å². The maximum absolute atomic E-state index is 11.1. The summed E-state index contributed by atoms with van der Waals surface area (Å²) in [6.07, 6.45) is 1.23. The number of nitrogens with zero attached hydrogens (tertiary/aromatic N) is 2. The number of hydrogen-bond acceptors (Lipinski definition) is 7. The molecule has 0 atom stereocenters. The van der Waals surface area contributed by atoms with Crippen LogP contribution < -0.4 is 11.3 Å². The van der Waals surface area contributed by atoms with E-state index in [1.165, 1.54) is 18.0 Å². The van der Waals surface area contributed by atoms with E-state index in [1.807, 2.05) is 20.8 Å². The fourth-order valence-electron chi connectivity index (χ4n) is 1.34. The molecule has 0 spiro atoms. The Hall–Kier alpha value is -0.860. The third kappa shape index (κ3) is 4.96. The summed E-state index contributed by atoms with van der Waals surface area (Å²) in [6.45, 7) is 5.86. The van der Waals surface area contributed by atoms with Crippen molar-refractivity contribution >= 4 is 27.4 Å². The van der Waals surface area contributed by atoms with Gasteiger partial charge in [-0.1, -0.05) is 13.8 Å². The molecule has 1 heterocycles. The topological polar surface area (TPSA) is 98.0 Å². The molecule has 1 rings (SSSR count). The molecule has 0 aliphatic heterocycles. The van der Waals surface area contributed by atoms with Gasteiger partial charge >= 0.3 is 0 Å². The number of nitrogens with two attached hydrogens (primary N) is 1. The lowest BCUT2D eigenvalue weighted by Crippen LogP contribution is -2.14. The lowest BCUT2D eigenvalue weighted by molar-refractivity contribution is 0.603. The minimum absolute atomic E-state index is 0.128. The molecule has 0 unspecified atom stereocenters. The highest BCUT2D eigenvalue weighted by atomic mass is 32.2. The predicted octanol–water partition coefficient (Wildman–Crippen LogP) is 1.33. The van der Waals surface area contributed by atoms with Crippen LogP contribution in [0.1, 0.15) is 31.2 Å². The molecular weight excluding hydrogens is 284 g/mol. The van der Waals surface area contributed by atoms with E-state index in [0.717, 1.165) is 10.6 Å². The van der Waals surface area contributed by atoms with Crippen LogP contribution in [-0.2, 0) is 9.84 Å². The van der Waals surface area contributed by atoms with Crippen LogP contribution in [0.25, 0.3) is 0 Å². The van der Waals surface area contributed by atoms with Crippen LogP contribution >= 0.6 is 11.8 Å². The van der Waals surface area contributed by atoms with E-state index in [1.54, 1.807) is 0 Å². The molecule has 0 amide bonds. The van der Waals surface area contributed by atoms with E-state index in [4.69, 9.17) is 5.84 Å². The van der Waals surface area contributed by atoms with Crippen molar-refractivity contribution < 1.29 is 8.42 Å². The number of rotatable bonds is 6. The van der Waals surface area contributed by atoms with E-state index in [0.29, 0.717) is 17.4 Å². The lowest BCUT2D eigenvalue weighted by Gasteiger charge is -2.13. The number of hydrogen-bond donors (Lipinski definition) is 2. The highest BCUT2D eigenvalue weighted by molar-refractivity contribution is 8.00. The van der Waals surface area contributed by atoms with Crippen molar-refractivity contribution in [3.05, 3.63) is 11.4 Å². The first kappa shape index (κ1) is 16.2. The monoisotopic (exact) mass is 304 g/mol. The van der Waals surface area contributed by atoms with Crippen molar-refractivity contribution in [2.45, 2.75) is 31.7 Å². The van der Waals surface area contributed by atoms with Crippen LogP contribution in [0.4, 0.5) is 5.82 Å². The van der Waals surface area contributed by atoms with Crippen molar-refractivity contribution in [1.82, 2.24) is 9.97 Å². The van der Waals surface area contributed by atoms with Gasteiger partial charge in [-0.05, 0) is 6.92 Å². The Bertz CT molecular complexity index is 544. The van der Waals surface area contributed by atoms with Crippen LogP contribution in [0.3, 0.4) is 0 Å². The molecule has 0 aliphatic rings. The third-order valence-corrected chi connectivity index (χ3v) is 4.75. The summed E-state index contributed by atoms with van der Waals surface area (Å²) >= 11 is 1.41. The number of hydrazine groups is 1. The van der Waals surface area contributed by atoms with Gasteiger partial charge < -0.3 is 5.43 Å². The van der Waals surface area contributed by atoms with Gasteiger partial charge in [0, 0.05) is 23.5 Å². The van der Waals surface area contributed by atoms with Crippen molar-refractivity contribution in [3.63, 3.8) is 0 Å². The average Bonchev–Trinajstić information content (AvgIpc) is 2.29. The highest BCUT2D eigenvalue weighted by Gasteiger charge is 2.13. The summed E-state index contributed by atoms with van der Waals surface area (Å²) in [5.74, 6) is 7.50. The Balaban J connectivity index is 2.95. The van der Waals surface area contributed by atoms with E-state index < -0.39 is 9.84 Å². The Morgan fingerprint density at radius 2 is 2.00 bits per heavy atom. The quantitative estimate of drug-likeness (QED) is 0.354. The van der Waals surface area contributed by atoms with Gasteiger partial charge in [-0.15, -0.1) is 11.8 Å². The smallest absolute Gasteiger partial charge is 0.148 e. The average molecular weight is 304 g/mol. The number of anilines is 1. The van der Waals surface area contributed by atoms with Gasteiger partial charge in [0.2, 0.25) is 0 Å². The normalized spacial score (nSPS) is 11.9. The number of aromatic nitrogens is 2. The molecule has 19 heavy (non-hydrogen) atoms. The Morgan fingerprint density at radius 1 is 1.37 bits per heavy atom. The van der Waals surface area contributed by atoms with E-state index in [9.17, 15) is 8.42 Å². The fourth-order valence-corrected chi connectivity index (χ4v) is 3.55. The fraction of sp³-hybridized carbons (Fsp3) is 0.636. The molecule has 8 heteroatoms. The summed E-state index contributed by atoms with van der Waals surface area (Å²) < 4.78 is 22.3. The summed E-state index contributed by atoms with van der Waals surface area (Å²) in [5, 5.41) is 0.773. The van der Waals surface area contributed by atoms with E-state index in [2.05, 4.69) is 15.4 Å². The molecule has 0 bridgehead atoms. The largest absolute Gasteiger partial charge is 0.308 e. The highest BCUT2D eigenvalue weighted by Crippen LogP contribution is 2.26. The molecule has 1 aromatic heterocycles. The van der Waals surface area contributed by atoms with Crippen LogP contribution in [0.5, 0.6) is 0 Å². The molecule has 0 saturated carbocycles. The molecular formula is C11H20N4O2S2. The van der Waals surface area contributed by atoms with Gasteiger partial charge in [-0.25, -0.2) is 24.2 Å². The maximum atomic E-state index is 11.1. The van der Waals surface area contributed by atoms with Gasteiger partial charge in [-0.2, -0.15) is 0 Å². The van der Waals surface area contributed by atoms with Crippen LogP contribution in [-0.4, -0.2) is 36.1 Å². The lowest BCUT2D eigenvalue weighted by atomic mass is 10.2. The SMILES string of the molecule is Cc1c(NN)nc(C(C)C)nc1SCCS(C)(=O)=O. The molecule has 0 saturated heterocycles. The minimum atomic E-state index is -2.95. The second kappa shape index (κ2) is 6.53. The first-order valence-corrected chi connectivity index (χ1v) is 8.95. The Morgan fingerprint density at radius 3 is 2.47 bits per heavy atom. The number of nitrogens with one attached hydrogen (secondary N) is 1. The Labute approximate surface area is 118 Å². The van der Waals surface area contributed by atoms with Crippen LogP contribution in [0.2, 0.25) is 0 Å². The van der Waals surface area contributed by atoms with E-state index >= 15 is 0 Å². The summed E-state index contributed by atoms with van der Waals surface area (Å²) in [5.41, 5.74) is 3.39. The molecule has 6 nitrogen and oxygen atoms in total. The summed E-state index contributed by atoms with van der Waals surface area (Å²) in [4.78, 5) is 8.79. The standard InChI is InChI=1S/C11H20N4O2S2/c1-7(2)9-13-10(15-12)8(3)11(14-9)18-5-6-19(4,16)17/h7H,5-6,12H2,1-4H3,(H,13,14,15). The molecule has 0 radical (unpaired) electrons. The zero-order chi connectivity index (χ0) is 14.6. The summed E-state index contributed by atoms with van der Waals surface area (Å²) in [6, 6.07) is 0. The maximum Gasteiger partial charge on any atom is 0.148 e. The van der Waals surface area contributed by atoms with Gasteiger partial charge in [0.05, 0.1) is 5.75 Å². The zero-order valence-electron chi connectivity index (χ0n) is 11.6. The third-order valence-electron chi connectivity index (χ3n) is 2.46. The molecule has 0 aliphatic carbocycles. The van der Waals surface area contributed by atoms with Crippen molar-refractivity contribution in [2.24, 2.45) is 5.84 Å². The zero-order valence-corrected chi connectivity index (χ0v) is 13.2. The number of nitrogen functional groups attached to an aromatic ring is 1. The van der Waals surface area contributed by atoms with Gasteiger partial charge in [-0.3, -0.25) is 0 Å². The van der Waals surface area contributed by atoms with Gasteiger partial charge in [0.25, 0.3) is 0 Å². The van der Waals surface area contributed by atoms with E-state index in [-0.39, 0.29) is 11.7 Å². The molecule has 108 valence electrons. The molecule has 1 aromatic rings. The minimum Gasteiger partial charge on any atom is -0.308 e. The Kier molecular flexibility index (Phi) is 5.57. The second-order valence-corrected chi connectivity index (χ2v) is 7.98. The first-order chi connectivity index (χ1) is 8.74. The molecule has 0 fully saturated rings. The number of thioether (sulfide) groups is 1. The second-order valence-electron chi connectivity index (χ2n) is 4.64. The predicted molar refractivity (Wildman–Crippen MR) is 79.1 cm³/mol.